The van der Waals surface area contributed by atoms with Gasteiger partial charge in [0, 0.05) is 28.7 Å². The molecule has 0 aromatic heterocycles. The molecule has 0 aliphatic carbocycles. The van der Waals surface area contributed by atoms with Crippen LogP contribution in [0.2, 0.25) is 0 Å². The highest BCUT2D eigenvalue weighted by atomic mass is 79.9. The van der Waals surface area contributed by atoms with E-state index in [0.717, 1.165) is 10.0 Å². The number of ether oxygens (including phenoxy) is 1. The predicted octanol–water partition coefficient (Wildman–Crippen LogP) is 5.09. The molecule has 2 amide bonds. The van der Waals surface area contributed by atoms with Gasteiger partial charge in [-0.1, -0.05) is 46.3 Å². The third-order valence-electron chi connectivity index (χ3n) is 4.73. The van der Waals surface area contributed by atoms with E-state index in [9.17, 15) is 14.0 Å². The topological polar surface area (TPSA) is 72.6 Å². The lowest BCUT2D eigenvalue weighted by Gasteiger charge is -2.22. The van der Waals surface area contributed by atoms with Crippen molar-refractivity contribution in [1.82, 2.24) is 4.90 Å². The number of amides is 2. The summed E-state index contributed by atoms with van der Waals surface area (Å²) in [7, 11) is 0. The summed E-state index contributed by atoms with van der Waals surface area (Å²) < 4.78 is 20.7. The lowest BCUT2D eigenvalue weighted by atomic mass is 10.1. The molecule has 7 heteroatoms. The Morgan fingerprint density at radius 2 is 1.88 bits per heavy atom. The normalized spacial score (nSPS) is 10.4. The number of rotatable bonds is 9. The molecule has 32 heavy (non-hydrogen) atoms. The lowest BCUT2D eigenvalue weighted by Crippen LogP contribution is -2.31. The molecule has 0 aliphatic heterocycles. The minimum atomic E-state index is -0.579. The van der Waals surface area contributed by atoms with Crippen LogP contribution in [-0.2, 0) is 13.2 Å². The number of carbonyl (C=O) groups is 2. The highest BCUT2D eigenvalue weighted by Crippen LogP contribution is 2.21. The molecule has 3 aromatic carbocycles. The van der Waals surface area contributed by atoms with E-state index >= 15 is 0 Å². The Bertz CT molecular complexity index is 1150. The molecule has 0 unspecified atom stereocenters. The number of carbonyl (C=O) groups excluding carboxylic acids is 2. The van der Waals surface area contributed by atoms with Gasteiger partial charge in [0.15, 0.2) is 0 Å². The van der Waals surface area contributed by atoms with Crippen molar-refractivity contribution in [1.29, 1.82) is 0 Å². The summed E-state index contributed by atoms with van der Waals surface area (Å²) in [5, 5.41) is 0. The first kappa shape index (κ1) is 23.2. The van der Waals surface area contributed by atoms with Crippen LogP contribution in [0.5, 0.6) is 5.75 Å². The van der Waals surface area contributed by atoms with Gasteiger partial charge in [-0.3, -0.25) is 9.59 Å². The maximum Gasteiger partial charge on any atom is 0.254 e. The molecule has 0 bridgehead atoms. The van der Waals surface area contributed by atoms with Crippen molar-refractivity contribution in [3.8, 4) is 5.75 Å². The number of nitrogens with zero attached hydrogens (tertiary/aromatic N) is 1. The molecule has 0 saturated heterocycles. The minimum Gasteiger partial charge on any atom is -0.488 e. The van der Waals surface area contributed by atoms with Crippen molar-refractivity contribution in [2.24, 2.45) is 5.73 Å². The molecule has 164 valence electrons. The first-order valence-electron chi connectivity index (χ1n) is 9.83. The van der Waals surface area contributed by atoms with Gasteiger partial charge in [-0.15, -0.1) is 6.58 Å². The minimum absolute atomic E-state index is 0.100. The molecular weight excluding hydrogens is 475 g/mol. The summed E-state index contributed by atoms with van der Waals surface area (Å²) in [6, 6.07) is 18.3. The van der Waals surface area contributed by atoms with Gasteiger partial charge in [0.1, 0.15) is 18.2 Å². The van der Waals surface area contributed by atoms with Crippen molar-refractivity contribution in [2.75, 3.05) is 6.54 Å². The van der Waals surface area contributed by atoms with E-state index in [2.05, 4.69) is 22.5 Å². The summed E-state index contributed by atoms with van der Waals surface area (Å²) in [4.78, 5) is 26.2. The molecule has 0 aliphatic rings. The van der Waals surface area contributed by atoms with Crippen molar-refractivity contribution >= 4 is 27.7 Å². The first-order valence-corrected chi connectivity index (χ1v) is 10.6. The van der Waals surface area contributed by atoms with Crippen LogP contribution in [0.25, 0.3) is 0 Å². The van der Waals surface area contributed by atoms with Gasteiger partial charge in [-0.05, 0) is 48.0 Å². The van der Waals surface area contributed by atoms with Gasteiger partial charge in [-0.25, -0.2) is 4.39 Å². The van der Waals surface area contributed by atoms with Crippen molar-refractivity contribution in [3.05, 3.63) is 112 Å². The van der Waals surface area contributed by atoms with Crippen LogP contribution in [0.4, 0.5) is 4.39 Å². The monoisotopic (exact) mass is 496 g/mol. The highest BCUT2D eigenvalue weighted by Gasteiger charge is 2.18. The Labute approximate surface area is 194 Å². The van der Waals surface area contributed by atoms with Crippen LogP contribution >= 0.6 is 15.9 Å². The molecular formula is C25H22BrFN2O3. The summed E-state index contributed by atoms with van der Waals surface area (Å²) in [6.45, 7) is 4.21. The first-order chi connectivity index (χ1) is 15.4. The van der Waals surface area contributed by atoms with Gasteiger partial charge in [0.2, 0.25) is 0 Å². The van der Waals surface area contributed by atoms with E-state index in [1.54, 1.807) is 60.7 Å². The second-order valence-corrected chi connectivity index (χ2v) is 7.98. The smallest absolute Gasteiger partial charge is 0.254 e. The molecule has 0 fully saturated rings. The van der Waals surface area contributed by atoms with E-state index in [1.165, 1.54) is 11.0 Å². The number of nitrogens with two attached hydrogens (primary N) is 1. The van der Waals surface area contributed by atoms with Gasteiger partial charge in [0.25, 0.3) is 11.8 Å². The molecule has 2 N–H and O–H groups in total. The van der Waals surface area contributed by atoms with Crippen LogP contribution in [0.1, 0.15) is 31.8 Å². The van der Waals surface area contributed by atoms with Gasteiger partial charge < -0.3 is 15.4 Å². The van der Waals surface area contributed by atoms with Crippen molar-refractivity contribution in [2.45, 2.75) is 13.2 Å². The molecule has 0 spiro atoms. The summed E-state index contributed by atoms with van der Waals surface area (Å²) in [5.74, 6) is -0.853. The fraction of sp³-hybridized carbons (Fsp3) is 0.120. The quantitative estimate of drug-likeness (QED) is 0.419. The van der Waals surface area contributed by atoms with Crippen molar-refractivity contribution < 1.29 is 18.7 Å². The molecule has 3 aromatic rings. The summed E-state index contributed by atoms with van der Waals surface area (Å²) in [5.41, 5.74) is 7.25. The summed E-state index contributed by atoms with van der Waals surface area (Å²) in [6.07, 6.45) is 1.60. The standard InChI is InChI=1S/C25H22BrFN2O3/c1-2-12-29(15-19-14-20(26)10-11-22(19)27)25(31)18-7-5-6-17(13-18)16-32-23-9-4-3-8-21(23)24(28)30/h2-11,13-14H,1,12,15-16H2,(H2,28,30). The zero-order valence-electron chi connectivity index (χ0n) is 17.3. The number of benzene rings is 3. The van der Waals surface area contributed by atoms with Crippen LogP contribution in [-0.4, -0.2) is 23.3 Å². The second kappa shape index (κ2) is 10.7. The Hall–Kier alpha value is -3.45. The molecule has 0 heterocycles. The number of hydrogen-bond acceptors (Lipinski definition) is 3. The average molecular weight is 497 g/mol. The molecule has 0 atom stereocenters. The molecule has 5 nitrogen and oxygen atoms in total. The third-order valence-corrected chi connectivity index (χ3v) is 5.22. The Morgan fingerprint density at radius 3 is 2.62 bits per heavy atom. The average Bonchev–Trinajstić information content (AvgIpc) is 2.79. The number of primary amides is 1. The zero-order chi connectivity index (χ0) is 23.1. The maximum atomic E-state index is 14.2. The lowest BCUT2D eigenvalue weighted by molar-refractivity contribution is 0.0761. The van der Waals surface area contributed by atoms with Crippen LogP contribution in [0.15, 0.2) is 83.9 Å². The molecule has 3 rings (SSSR count). The van der Waals surface area contributed by atoms with Gasteiger partial charge in [-0.2, -0.15) is 0 Å². The number of hydrogen-bond donors (Lipinski definition) is 1. The van der Waals surface area contributed by atoms with Crippen LogP contribution < -0.4 is 10.5 Å². The van der Waals surface area contributed by atoms with E-state index in [4.69, 9.17) is 10.5 Å². The molecule has 0 saturated carbocycles. The fourth-order valence-corrected chi connectivity index (χ4v) is 3.59. The predicted molar refractivity (Wildman–Crippen MR) is 125 cm³/mol. The van der Waals surface area contributed by atoms with E-state index < -0.39 is 5.91 Å². The number of para-hydroxylation sites is 1. The second-order valence-electron chi connectivity index (χ2n) is 7.06. The Kier molecular flexibility index (Phi) is 7.78. The number of halogens is 2. The van der Waals surface area contributed by atoms with E-state index in [0.29, 0.717) is 16.9 Å². The summed E-state index contributed by atoms with van der Waals surface area (Å²) >= 11 is 3.33. The zero-order valence-corrected chi connectivity index (χ0v) is 18.8. The highest BCUT2D eigenvalue weighted by molar-refractivity contribution is 9.10. The van der Waals surface area contributed by atoms with Gasteiger partial charge >= 0.3 is 0 Å². The third kappa shape index (κ3) is 5.82. The van der Waals surface area contributed by atoms with Crippen LogP contribution in [0.3, 0.4) is 0 Å². The largest absolute Gasteiger partial charge is 0.488 e. The fourth-order valence-electron chi connectivity index (χ4n) is 3.18. The van der Waals surface area contributed by atoms with E-state index in [-0.39, 0.29) is 37.0 Å². The SMILES string of the molecule is C=CCN(Cc1cc(Br)ccc1F)C(=O)c1cccc(COc2ccccc2C(N)=O)c1. The maximum absolute atomic E-state index is 14.2. The van der Waals surface area contributed by atoms with Crippen molar-refractivity contribution in [3.63, 3.8) is 0 Å². The van der Waals surface area contributed by atoms with E-state index in [1.807, 2.05) is 6.07 Å². The van der Waals surface area contributed by atoms with Crippen LogP contribution in [0, 0.1) is 5.82 Å². The van der Waals surface area contributed by atoms with Gasteiger partial charge in [0.05, 0.1) is 5.56 Å². The Morgan fingerprint density at radius 1 is 1.09 bits per heavy atom. The Balaban J connectivity index is 1.77. The molecule has 0 radical (unpaired) electrons.